The maximum Gasteiger partial charge on any atom is 0.308 e. The molecule has 0 N–H and O–H groups in total. The summed E-state index contributed by atoms with van der Waals surface area (Å²) in [5.41, 5.74) is 4.62. The zero-order valence-electron chi connectivity index (χ0n) is 23.1. The molecule has 2 aromatic carbocycles. The average molecular weight is 618 g/mol. The number of carbonyl (C=O) groups excluding carboxylic acids is 1. The Morgan fingerprint density at radius 1 is 1.08 bits per heavy atom. The maximum absolute atomic E-state index is 12.5. The Kier molecular flexibility index (Phi) is 8.41. The van der Waals surface area contributed by atoms with Crippen molar-refractivity contribution in [2.75, 3.05) is 0 Å². The van der Waals surface area contributed by atoms with Crippen molar-refractivity contribution in [3.63, 3.8) is 0 Å². The molecule has 1 fully saturated rings. The van der Waals surface area contributed by atoms with Crippen molar-refractivity contribution in [2.24, 2.45) is 0 Å². The van der Waals surface area contributed by atoms with Crippen molar-refractivity contribution in [2.45, 2.75) is 104 Å². The number of hydrogen-bond acceptors (Lipinski definition) is 4. The molecule has 1 aromatic heterocycles. The van der Waals surface area contributed by atoms with Gasteiger partial charge >= 0.3 is 5.97 Å². The van der Waals surface area contributed by atoms with Crippen LogP contribution < -0.4 is 0 Å². The van der Waals surface area contributed by atoms with Crippen molar-refractivity contribution >= 4 is 39.5 Å². The van der Waals surface area contributed by atoms with Crippen molar-refractivity contribution in [1.29, 1.82) is 0 Å². The van der Waals surface area contributed by atoms with Crippen molar-refractivity contribution < 1.29 is 19.0 Å². The van der Waals surface area contributed by atoms with Gasteiger partial charge in [-0.25, -0.2) is 0 Å². The van der Waals surface area contributed by atoms with Gasteiger partial charge < -0.3 is 18.8 Å². The highest BCUT2D eigenvalue weighted by atomic mass is 127. The standard InChI is InChI=1S/C31H40INO4/c1-20(2)33-26-11-9-8-10-25(26)29(21-12-14-22(32)15-13-21)27(33)17-16-23-18-24(36-31(6,7)35-23)19-28(34)37-30(3,4)5/h8-15,20,23-24H,16-19H2,1-7H3/t23-,24-/m1/s1. The zero-order valence-corrected chi connectivity index (χ0v) is 25.3. The van der Waals surface area contributed by atoms with Gasteiger partial charge in [0, 0.05) is 38.2 Å². The summed E-state index contributed by atoms with van der Waals surface area (Å²) in [5.74, 6) is -0.978. The van der Waals surface area contributed by atoms with Gasteiger partial charge in [-0.1, -0.05) is 30.3 Å². The fourth-order valence-electron chi connectivity index (χ4n) is 5.48. The van der Waals surface area contributed by atoms with Gasteiger partial charge in [0.25, 0.3) is 0 Å². The van der Waals surface area contributed by atoms with Crippen molar-refractivity contribution in [3.05, 3.63) is 57.8 Å². The van der Waals surface area contributed by atoms with Crippen LogP contribution in [0.2, 0.25) is 0 Å². The summed E-state index contributed by atoms with van der Waals surface area (Å²) in [6, 6.07) is 17.8. The summed E-state index contributed by atoms with van der Waals surface area (Å²) in [6.45, 7) is 14.0. The quantitative estimate of drug-likeness (QED) is 0.199. The number of rotatable bonds is 7. The molecule has 6 heteroatoms. The predicted molar refractivity (Wildman–Crippen MR) is 158 cm³/mol. The minimum atomic E-state index is -0.751. The van der Waals surface area contributed by atoms with Crippen LogP contribution in [-0.4, -0.2) is 34.1 Å². The lowest BCUT2D eigenvalue weighted by atomic mass is 9.96. The largest absolute Gasteiger partial charge is 0.460 e. The minimum Gasteiger partial charge on any atom is -0.460 e. The summed E-state index contributed by atoms with van der Waals surface area (Å²) in [7, 11) is 0. The van der Waals surface area contributed by atoms with Gasteiger partial charge in [0.2, 0.25) is 0 Å². The van der Waals surface area contributed by atoms with Crippen LogP contribution in [-0.2, 0) is 25.4 Å². The van der Waals surface area contributed by atoms with Gasteiger partial charge in [-0.3, -0.25) is 4.79 Å². The first-order chi connectivity index (χ1) is 17.3. The van der Waals surface area contributed by atoms with Gasteiger partial charge in [0.1, 0.15) is 5.60 Å². The van der Waals surface area contributed by atoms with Crippen molar-refractivity contribution in [1.82, 2.24) is 4.57 Å². The normalized spacial score (nSPS) is 19.9. The number of nitrogens with zero attached hydrogens (tertiary/aromatic N) is 1. The molecule has 1 saturated heterocycles. The van der Waals surface area contributed by atoms with E-state index in [1.54, 1.807) is 0 Å². The highest BCUT2D eigenvalue weighted by Crippen LogP contribution is 2.39. The Morgan fingerprint density at radius 2 is 1.73 bits per heavy atom. The third kappa shape index (κ3) is 6.95. The highest BCUT2D eigenvalue weighted by molar-refractivity contribution is 14.1. The van der Waals surface area contributed by atoms with Crippen LogP contribution in [0.15, 0.2) is 48.5 Å². The first-order valence-corrected chi connectivity index (χ1v) is 14.4. The van der Waals surface area contributed by atoms with Crippen molar-refractivity contribution in [3.8, 4) is 11.1 Å². The molecule has 0 unspecified atom stereocenters. The Labute approximate surface area is 235 Å². The summed E-state index contributed by atoms with van der Waals surface area (Å²) in [4.78, 5) is 12.5. The Bertz CT molecular complexity index is 1240. The fourth-order valence-corrected chi connectivity index (χ4v) is 5.84. The molecule has 5 nitrogen and oxygen atoms in total. The minimum absolute atomic E-state index is 0.0145. The number of benzene rings is 2. The molecular formula is C31H40INO4. The van der Waals surface area contributed by atoms with Gasteiger partial charge in [-0.15, -0.1) is 0 Å². The van der Waals surface area contributed by atoms with E-state index in [1.165, 1.54) is 31.3 Å². The molecule has 1 aliphatic heterocycles. The van der Waals surface area contributed by atoms with E-state index < -0.39 is 11.4 Å². The average Bonchev–Trinajstić information content (AvgIpc) is 3.10. The van der Waals surface area contributed by atoms with Gasteiger partial charge in [-0.2, -0.15) is 0 Å². The molecule has 1 aliphatic rings. The number of para-hydroxylation sites is 1. The predicted octanol–water partition coefficient (Wildman–Crippen LogP) is 8.07. The van der Waals surface area contributed by atoms with Gasteiger partial charge in [-0.05, 0) is 108 Å². The van der Waals surface area contributed by atoms with Gasteiger partial charge in [0.05, 0.1) is 18.6 Å². The number of halogens is 1. The Morgan fingerprint density at radius 3 is 2.38 bits per heavy atom. The van der Waals surface area contributed by atoms with E-state index in [4.69, 9.17) is 14.2 Å². The summed E-state index contributed by atoms with van der Waals surface area (Å²) in [6.07, 6.45) is 2.38. The highest BCUT2D eigenvalue weighted by Gasteiger charge is 2.37. The second kappa shape index (κ2) is 11.1. The van der Waals surface area contributed by atoms with E-state index in [0.717, 1.165) is 12.8 Å². The number of fused-ring (bicyclic) bond motifs is 1. The zero-order chi connectivity index (χ0) is 27.0. The first-order valence-electron chi connectivity index (χ1n) is 13.3. The summed E-state index contributed by atoms with van der Waals surface area (Å²) >= 11 is 2.36. The molecule has 4 rings (SSSR count). The fraction of sp³-hybridized carbons (Fsp3) is 0.516. The Hall–Kier alpha value is -1.90. The lowest BCUT2D eigenvalue weighted by molar-refractivity contribution is -0.300. The monoisotopic (exact) mass is 617 g/mol. The van der Waals surface area contributed by atoms with E-state index in [1.807, 2.05) is 34.6 Å². The van der Waals surface area contributed by atoms with E-state index in [-0.39, 0.29) is 24.6 Å². The second-order valence-electron chi connectivity index (χ2n) is 11.8. The SMILES string of the molecule is CC(C)n1c(CC[C@@H]2C[C@H](CC(=O)OC(C)(C)C)OC(C)(C)O2)c(-c2ccc(I)cc2)c2ccccc21. The van der Waals surface area contributed by atoms with Crippen LogP contribution in [0.1, 0.15) is 79.5 Å². The number of ether oxygens (including phenoxy) is 3. The topological polar surface area (TPSA) is 49.7 Å². The van der Waals surface area contributed by atoms with Gasteiger partial charge in [0.15, 0.2) is 5.79 Å². The lowest BCUT2D eigenvalue weighted by Crippen LogP contribution is -2.45. The molecule has 37 heavy (non-hydrogen) atoms. The van der Waals surface area contributed by atoms with Crippen LogP contribution in [0, 0.1) is 3.57 Å². The maximum atomic E-state index is 12.5. The molecule has 0 amide bonds. The van der Waals surface area contributed by atoms with Crippen LogP contribution in [0.5, 0.6) is 0 Å². The number of hydrogen-bond donors (Lipinski definition) is 0. The molecule has 0 saturated carbocycles. The molecule has 2 atom stereocenters. The smallest absolute Gasteiger partial charge is 0.308 e. The summed E-state index contributed by atoms with van der Waals surface area (Å²) in [5, 5.41) is 1.28. The van der Waals surface area contributed by atoms with Crippen LogP contribution >= 0.6 is 22.6 Å². The van der Waals surface area contributed by atoms with Crippen LogP contribution in [0.4, 0.5) is 0 Å². The molecular weight excluding hydrogens is 577 g/mol. The molecule has 0 spiro atoms. The van der Waals surface area contributed by atoms with E-state index in [0.29, 0.717) is 12.5 Å². The molecule has 0 bridgehead atoms. The molecule has 2 heterocycles. The molecule has 0 radical (unpaired) electrons. The number of carbonyl (C=O) groups is 1. The van der Waals surface area contributed by atoms with E-state index in [9.17, 15) is 4.79 Å². The third-order valence-electron chi connectivity index (χ3n) is 6.61. The molecule has 200 valence electrons. The van der Waals surface area contributed by atoms with Crippen LogP contribution in [0.25, 0.3) is 22.0 Å². The molecule has 0 aliphatic carbocycles. The number of aromatic nitrogens is 1. The Balaban J connectivity index is 1.62. The summed E-state index contributed by atoms with van der Waals surface area (Å²) < 4.78 is 21.7. The van der Waals surface area contributed by atoms with E-state index in [2.05, 4.69) is 89.5 Å². The lowest BCUT2D eigenvalue weighted by Gasteiger charge is -2.41. The number of esters is 1. The van der Waals surface area contributed by atoms with E-state index >= 15 is 0 Å². The first kappa shape index (κ1) is 28.1. The third-order valence-corrected chi connectivity index (χ3v) is 7.32. The molecule has 3 aromatic rings. The second-order valence-corrected chi connectivity index (χ2v) is 13.0. The van der Waals surface area contributed by atoms with Crippen LogP contribution in [0.3, 0.4) is 0 Å².